The van der Waals surface area contributed by atoms with Gasteiger partial charge in [-0.05, 0) is 12.1 Å². The van der Waals surface area contributed by atoms with Crippen LogP contribution in [0.4, 0.5) is 0 Å². The SMILES string of the molecule is CN(CC#N)C(=O)c1cc(-c2ncnc3[nH]ccc23)cn1C.[HH]. The van der Waals surface area contributed by atoms with E-state index in [9.17, 15) is 4.79 Å². The fourth-order valence-electron chi connectivity index (χ4n) is 2.38. The van der Waals surface area contributed by atoms with Gasteiger partial charge in [0.1, 0.15) is 24.2 Å². The number of fused-ring (bicyclic) bond motifs is 1. The van der Waals surface area contributed by atoms with E-state index >= 15 is 0 Å². The smallest absolute Gasteiger partial charge is 0.271 e. The van der Waals surface area contributed by atoms with Gasteiger partial charge < -0.3 is 14.5 Å². The van der Waals surface area contributed by atoms with Crippen LogP contribution in [0.1, 0.15) is 11.9 Å². The molecule has 0 aliphatic rings. The van der Waals surface area contributed by atoms with Crippen molar-refractivity contribution in [3.8, 4) is 17.3 Å². The highest BCUT2D eigenvalue weighted by Crippen LogP contribution is 2.26. The Balaban J connectivity index is 0.00000192. The first-order valence-corrected chi connectivity index (χ1v) is 6.69. The van der Waals surface area contributed by atoms with Crippen LogP contribution in [0, 0.1) is 11.3 Å². The van der Waals surface area contributed by atoms with Crippen molar-refractivity contribution in [1.82, 2.24) is 24.4 Å². The van der Waals surface area contributed by atoms with E-state index in [2.05, 4.69) is 15.0 Å². The monoisotopic (exact) mass is 296 g/mol. The number of nitrogens with zero attached hydrogens (tertiary/aromatic N) is 5. The molecule has 0 saturated carbocycles. The second kappa shape index (κ2) is 5.33. The lowest BCUT2D eigenvalue weighted by Crippen LogP contribution is -2.28. The lowest BCUT2D eigenvalue weighted by molar-refractivity contribution is 0.0802. The molecule has 3 heterocycles. The maximum atomic E-state index is 12.3. The minimum atomic E-state index is -0.199. The van der Waals surface area contributed by atoms with Gasteiger partial charge in [0.2, 0.25) is 0 Å². The molecule has 3 aromatic heterocycles. The molecule has 112 valence electrons. The summed E-state index contributed by atoms with van der Waals surface area (Å²) in [6.45, 7) is 0.0505. The molecule has 3 aromatic rings. The maximum absolute atomic E-state index is 12.3. The van der Waals surface area contributed by atoms with Crippen LogP contribution in [0.3, 0.4) is 0 Å². The second-order valence-corrected chi connectivity index (χ2v) is 5.01. The van der Waals surface area contributed by atoms with Gasteiger partial charge in [-0.15, -0.1) is 0 Å². The van der Waals surface area contributed by atoms with Gasteiger partial charge in [-0.2, -0.15) is 5.26 Å². The molecule has 0 aromatic carbocycles. The second-order valence-electron chi connectivity index (χ2n) is 5.01. The van der Waals surface area contributed by atoms with Crippen molar-refractivity contribution in [3.05, 3.63) is 36.5 Å². The highest BCUT2D eigenvalue weighted by molar-refractivity contribution is 5.96. The van der Waals surface area contributed by atoms with Crippen LogP contribution in [0.25, 0.3) is 22.3 Å². The summed E-state index contributed by atoms with van der Waals surface area (Å²) in [6, 6.07) is 5.65. The number of aromatic amines is 1. The van der Waals surface area contributed by atoms with Crippen molar-refractivity contribution in [2.24, 2.45) is 7.05 Å². The number of rotatable bonds is 3. The van der Waals surface area contributed by atoms with Crippen molar-refractivity contribution in [2.45, 2.75) is 0 Å². The van der Waals surface area contributed by atoms with E-state index in [1.807, 2.05) is 18.3 Å². The van der Waals surface area contributed by atoms with Crippen molar-refractivity contribution in [3.63, 3.8) is 0 Å². The lowest BCUT2D eigenvalue weighted by Gasteiger charge is -2.12. The third-order valence-electron chi connectivity index (χ3n) is 3.51. The van der Waals surface area contributed by atoms with E-state index < -0.39 is 0 Å². The van der Waals surface area contributed by atoms with Crippen LogP contribution in [0.2, 0.25) is 0 Å². The number of nitrogens with one attached hydrogen (secondary N) is 1. The number of aryl methyl sites for hydroxylation is 1. The molecule has 3 rings (SSSR count). The highest BCUT2D eigenvalue weighted by Gasteiger charge is 2.18. The van der Waals surface area contributed by atoms with Crippen molar-refractivity contribution in [2.75, 3.05) is 13.6 Å². The summed E-state index contributed by atoms with van der Waals surface area (Å²) >= 11 is 0. The molecule has 22 heavy (non-hydrogen) atoms. The first-order valence-electron chi connectivity index (χ1n) is 6.69. The molecule has 0 bridgehead atoms. The predicted molar refractivity (Wildman–Crippen MR) is 83.0 cm³/mol. The Morgan fingerprint density at radius 3 is 3.14 bits per heavy atom. The number of carbonyl (C=O) groups excluding carboxylic acids is 1. The predicted octanol–water partition coefficient (Wildman–Crippen LogP) is 1.80. The van der Waals surface area contributed by atoms with Gasteiger partial charge >= 0.3 is 0 Å². The van der Waals surface area contributed by atoms with E-state index in [4.69, 9.17) is 5.26 Å². The third kappa shape index (κ3) is 2.20. The molecular formula is C15H16N6O. The Bertz CT molecular complexity index is 891. The quantitative estimate of drug-likeness (QED) is 0.746. The van der Waals surface area contributed by atoms with E-state index in [0.717, 1.165) is 22.3 Å². The molecule has 0 aliphatic heterocycles. The number of nitriles is 1. The Morgan fingerprint density at radius 1 is 1.55 bits per heavy atom. The number of hydrogen-bond donors (Lipinski definition) is 1. The highest BCUT2D eigenvalue weighted by atomic mass is 16.2. The first-order chi connectivity index (χ1) is 10.6. The average molecular weight is 296 g/mol. The molecule has 0 fully saturated rings. The Kier molecular flexibility index (Phi) is 3.35. The molecular weight excluding hydrogens is 280 g/mol. The topological polar surface area (TPSA) is 90.6 Å². The zero-order valence-corrected chi connectivity index (χ0v) is 12.2. The Morgan fingerprint density at radius 2 is 2.36 bits per heavy atom. The van der Waals surface area contributed by atoms with E-state index in [-0.39, 0.29) is 13.9 Å². The maximum Gasteiger partial charge on any atom is 0.271 e. The summed E-state index contributed by atoms with van der Waals surface area (Å²) < 4.78 is 1.74. The fraction of sp³-hybridized carbons (Fsp3) is 0.200. The minimum absolute atomic E-state index is 0. The number of H-pyrrole nitrogens is 1. The number of aromatic nitrogens is 4. The average Bonchev–Trinajstić information content (AvgIpc) is 3.12. The molecule has 0 spiro atoms. The third-order valence-corrected chi connectivity index (χ3v) is 3.51. The summed E-state index contributed by atoms with van der Waals surface area (Å²) in [5, 5.41) is 9.61. The summed E-state index contributed by atoms with van der Waals surface area (Å²) in [6.07, 6.45) is 5.14. The molecule has 0 radical (unpaired) electrons. The van der Waals surface area contributed by atoms with Crippen LogP contribution >= 0.6 is 0 Å². The summed E-state index contributed by atoms with van der Waals surface area (Å²) in [5.41, 5.74) is 2.87. The van der Waals surface area contributed by atoms with Gasteiger partial charge in [-0.25, -0.2) is 9.97 Å². The van der Waals surface area contributed by atoms with E-state index in [0.29, 0.717) is 5.69 Å². The van der Waals surface area contributed by atoms with Crippen LogP contribution in [-0.2, 0) is 7.05 Å². The van der Waals surface area contributed by atoms with Crippen molar-refractivity contribution >= 4 is 16.9 Å². The zero-order valence-electron chi connectivity index (χ0n) is 12.2. The van der Waals surface area contributed by atoms with Crippen LogP contribution in [0.15, 0.2) is 30.9 Å². The molecule has 1 amide bonds. The van der Waals surface area contributed by atoms with Crippen molar-refractivity contribution in [1.29, 1.82) is 5.26 Å². The summed E-state index contributed by atoms with van der Waals surface area (Å²) in [4.78, 5) is 25.2. The largest absolute Gasteiger partial charge is 0.346 e. The molecule has 7 heteroatoms. The number of carbonyl (C=O) groups is 1. The van der Waals surface area contributed by atoms with Gasteiger partial charge in [0, 0.05) is 38.9 Å². The van der Waals surface area contributed by atoms with Gasteiger partial charge in [0.15, 0.2) is 0 Å². The van der Waals surface area contributed by atoms with Gasteiger partial charge in [-0.3, -0.25) is 4.79 Å². The standard InChI is InChI=1S/C15H14N6O.H2/c1-20(6-4-16)15(22)12-7-10(8-21(12)2)13-11-3-5-17-14(11)19-9-18-13;/h3,5,7-9H,6H2,1-2H3,(H,17,18,19);1H. The summed E-state index contributed by atoms with van der Waals surface area (Å²) in [5.74, 6) is -0.199. The fourth-order valence-corrected chi connectivity index (χ4v) is 2.38. The molecule has 1 N–H and O–H groups in total. The normalized spacial score (nSPS) is 10.6. The Labute approximate surface area is 128 Å². The molecule has 7 nitrogen and oxygen atoms in total. The number of amides is 1. The van der Waals surface area contributed by atoms with Crippen LogP contribution in [-0.4, -0.2) is 43.9 Å². The first kappa shape index (κ1) is 13.8. The van der Waals surface area contributed by atoms with Crippen LogP contribution in [0.5, 0.6) is 0 Å². The summed E-state index contributed by atoms with van der Waals surface area (Å²) in [7, 11) is 3.40. The lowest BCUT2D eigenvalue weighted by atomic mass is 10.1. The van der Waals surface area contributed by atoms with E-state index in [1.54, 1.807) is 30.9 Å². The Hall–Kier alpha value is -3.14. The zero-order chi connectivity index (χ0) is 15.7. The minimum Gasteiger partial charge on any atom is -0.346 e. The molecule has 0 unspecified atom stereocenters. The van der Waals surface area contributed by atoms with Gasteiger partial charge in [-0.1, -0.05) is 0 Å². The number of hydrogen-bond acceptors (Lipinski definition) is 4. The van der Waals surface area contributed by atoms with Crippen molar-refractivity contribution < 1.29 is 6.22 Å². The van der Waals surface area contributed by atoms with Gasteiger partial charge in [0.05, 0.1) is 11.8 Å². The van der Waals surface area contributed by atoms with E-state index in [1.165, 1.54) is 11.2 Å². The van der Waals surface area contributed by atoms with Gasteiger partial charge in [0.25, 0.3) is 5.91 Å². The van der Waals surface area contributed by atoms with Crippen LogP contribution < -0.4 is 0 Å². The molecule has 0 saturated heterocycles. The molecule has 0 atom stereocenters. The molecule has 0 aliphatic carbocycles.